The molecule has 0 bridgehead atoms. The van der Waals surface area contributed by atoms with Gasteiger partial charge in [0, 0.05) is 45.0 Å². The van der Waals surface area contributed by atoms with Crippen LogP contribution in [0.4, 0.5) is 10.6 Å². The number of fused-ring (bicyclic) bond motifs is 1. The Morgan fingerprint density at radius 1 is 1.23 bits per heavy atom. The number of carbonyl (C=O) groups excluding carboxylic acids is 1. The Labute approximate surface area is 218 Å². The second-order valence-electron chi connectivity index (χ2n) is 11.7. The van der Waals surface area contributed by atoms with E-state index >= 15 is 0 Å². The summed E-state index contributed by atoms with van der Waals surface area (Å²) in [6.45, 7) is 21.1. The van der Waals surface area contributed by atoms with E-state index in [2.05, 4.69) is 70.1 Å². The largest absolute Gasteiger partial charge is 0.444 e. The fourth-order valence-electron chi connectivity index (χ4n) is 3.63. The zero-order valence-corrected chi connectivity index (χ0v) is 25.0. The highest BCUT2D eigenvalue weighted by Gasteiger charge is 2.39. The Bertz CT molecular complexity index is 1020. The molecule has 1 fully saturated rings. The highest BCUT2D eigenvalue weighted by atomic mass is 79.9. The molecule has 0 unspecified atom stereocenters. The number of hydrogen-bond donors (Lipinski definition) is 1. The van der Waals surface area contributed by atoms with Crippen molar-refractivity contribution in [2.75, 3.05) is 44.6 Å². The van der Waals surface area contributed by atoms with Gasteiger partial charge in [0.15, 0.2) is 14.0 Å². The predicted molar refractivity (Wildman–Crippen MR) is 145 cm³/mol. The van der Waals surface area contributed by atoms with Crippen molar-refractivity contribution in [3.05, 3.63) is 22.9 Å². The molecule has 0 radical (unpaired) electrons. The lowest BCUT2D eigenvalue weighted by molar-refractivity contribution is -0.00248. The molecule has 196 valence electrons. The van der Waals surface area contributed by atoms with Crippen molar-refractivity contribution in [1.82, 2.24) is 24.4 Å². The van der Waals surface area contributed by atoms with Gasteiger partial charge in [0.1, 0.15) is 11.4 Å². The lowest BCUT2D eigenvalue weighted by atomic mass is 10.1. The van der Waals surface area contributed by atoms with Gasteiger partial charge in [-0.1, -0.05) is 20.8 Å². The average Bonchev–Trinajstić information content (AvgIpc) is 3.11. The van der Waals surface area contributed by atoms with Crippen LogP contribution in [0.25, 0.3) is 5.65 Å². The summed E-state index contributed by atoms with van der Waals surface area (Å²) < 4.78 is 14.8. The van der Waals surface area contributed by atoms with Gasteiger partial charge in [-0.25, -0.2) is 14.3 Å². The molecular formula is C24H41BrN6O3Si. The van der Waals surface area contributed by atoms with Crippen LogP contribution in [-0.4, -0.2) is 89.8 Å². The third-order valence-electron chi connectivity index (χ3n) is 6.73. The van der Waals surface area contributed by atoms with E-state index in [-0.39, 0.29) is 17.2 Å². The minimum Gasteiger partial charge on any atom is -0.444 e. The van der Waals surface area contributed by atoms with Crippen LogP contribution in [0, 0.1) is 0 Å². The summed E-state index contributed by atoms with van der Waals surface area (Å²) in [5.74, 6) is 0.806. The molecule has 9 nitrogen and oxygen atoms in total. The SMILES string of the molecule is CC(C)(C)OC(=O)N1CCN(CCNc2ccn3ncc(Br)c3n2)[C@H](CO[Si](C)(C)C(C)(C)C)C1. The molecule has 0 spiro atoms. The van der Waals surface area contributed by atoms with E-state index in [4.69, 9.17) is 9.16 Å². The minimum atomic E-state index is -1.91. The first-order chi connectivity index (χ1) is 16.2. The molecule has 35 heavy (non-hydrogen) atoms. The van der Waals surface area contributed by atoms with Crippen molar-refractivity contribution in [2.45, 2.75) is 71.3 Å². The van der Waals surface area contributed by atoms with Gasteiger partial charge in [-0.3, -0.25) is 4.90 Å². The second-order valence-corrected chi connectivity index (χ2v) is 17.4. The van der Waals surface area contributed by atoms with Gasteiger partial charge in [-0.2, -0.15) is 5.10 Å². The highest BCUT2D eigenvalue weighted by Crippen LogP contribution is 2.36. The first-order valence-corrected chi connectivity index (χ1v) is 16.0. The Hall–Kier alpha value is -1.69. The van der Waals surface area contributed by atoms with Crippen LogP contribution in [0.1, 0.15) is 41.5 Å². The van der Waals surface area contributed by atoms with E-state index in [1.54, 1.807) is 10.7 Å². The number of nitrogens with zero attached hydrogens (tertiary/aromatic N) is 5. The number of ether oxygens (including phenoxy) is 1. The summed E-state index contributed by atoms with van der Waals surface area (Å²) in [5, 5.41) is 7.80. The summed E-state index contributed by atoms with van der Waals surface area (Å²) in [5.41, 5.74) is 0.269. The Morgan fingerprint density at radius 3 is 2.60 bits per heavy atom. The van der Waals surface area contributed by atoms with Crippen molar-refractivity contribution < 1.29 is 14.0 Å². The summed E-state index contributed by atoms with van der Waals surface area (Å²) in [7, 11) is -1.91. The fraction of sp³-hybridized carbons (Fsp3) is 0.708. The maximum absolute atomic E-state index is 12.8. The number of nitrogens with one attached hydrogen (secondary N) is 1. The van der Waals surface area contributed by atoms with E-state index in [1.807, 2.05) is 37.9 Å². The van der Waals surface area contributed by atoms with E-state index in [1.165, 1.54) is 0 Å². The molecule has 3 rings (SSSR count). The van der Waals surface area contributed by atoms with E-state index in [9.17, 15) is 4.79 Å². The van der Waals surface area contributed by atoms with Gasteiger partial charge in [0.05, 0.1) is 17.3 Å². The average molecular weight is 570 g/mol. The zero-order chi connectivity index (χ0) is 26.0. The molecule has 2 aromatic rings. The van der Waals surface area contributed by atoms with Gasteiger partial charge in [-0.15, -0.1) is 0 Å². The number of piperazine rings is 1. The fourth-order valence-corrected chi connectivity index (χ4v) is 5.03. The van der Waals surface area contributed by atoms with Crippen LogP contribution in [0.15, 0.2) is 22.9 Å². The van der Waals surface area contributed by atoms with Crippen LogP contribution < -0.4 is 5.32 Å². The molecule has 1 atom stereocenters. The molecule has 1 aliphatic heterocycles. The Balaban J connectivity index is 1.64. The summed E-state index contributed by atoms with van der Waals surface area (Å²) in [4.78, 5) is 21.6. The van der Waals surface area contributed by atoms with Crippen LogP contribution in [-0.2, 0) is 9.16 Å². The monoisotopic (exact) mass is 568 g/mol. The molecule has 11 heteroatoms. The minimum absolute atomic E-state index is 0.103. The maximum atomic E-state index is 12.8. The number of anilines is 1. The molecule has 2 aromatic heterocycles. The first kappa shape index (κ1) is 27.9. The van der Waals surface area contributed by atoms with Crippen LogP contribution in [0.5, 0.6) is 0 Å². The summed E-state index contributed by atoms with van der Waals surface area (Å²) >= 11 is 3.49. The lowest BCUT2D eigenvalue weighted by Gasteiger charge is -2.44. The van der Waals surface area contributed by atoms with Crippen LogP contribution in [0.2, 0.25) is 18.1 Å². The number of aromatic nitrogens is 3. The Kier molecular flexibility index (Phi) is 8.55. The predicted octanol–water partition coefficient (Wildman–Crippen LogP) is 4.85. The third-order valence-corrected chi connectivity index (χ3v) is 11.8. The molecular weight excluding hydrogens is 528 g/mol. The number of hydrogen-bond acceptors (Lipinski definition) is 7. The van der Waals surface area contributed by atoms with Gasteiger partial charge in [0.25, 0.3) is 0 Å². The highest BCUT2D eigenvalue weighted by molar-refractivity contribution is 9.10. The van der Waals surface area contributed by atoms with Crippen LogP contribution >= 0.6 is 15.9 Å². The molecule has 3 heterocycles. The third kappa shape index (κ3) is 7.40. The normalized spacial score (nSPS) is 18.2. The van der Waals surface area contributed by atoms with Crippen molar-refractivity contribution in [1.29, 1.82) is 0 Å². The zero-order valence-electron chi connectivity index (χ0n) is 22.4. The van der Waals surface area contributed by atoms with E-state index in [0.717, 1.165) is 35.6 Å². The van der Waals surface area contributed by atoms with Gasteiger partial charge < -0.3 is 19.4 Å². The number of rotatable bonds is 7. The Morgan fingerprint density at radius 2 is 1.94 bits per heavy atom. The molecule has 1 saturated heterocycles. The molecule has 0 aliphatic carbocycles. The van der Waals surface area contributed by atoms with Crippen molar-refractivity contribution in [2.24, 2.45) is 0 Å². The number of halogens is 1. The molecule has 0 aromatic carbocycles. The van der Waals surface area contributed by atoms with Crippen molar-refractivity contribution in [3.63, 3.8) is 0 Å². The summed E-state index contributed by atoms with van der Waals surface area (Å²) in [6, 6.07) is 2.02. The smallest absolute Gasteiger partial charge is 0.410 e. The number of amides is 1. The van der Waals surface area contributed by atoms with Crippen molar-refractivity contribution in [3.8, 4) is 0 Å². The first-order valence-electron chi connectivity index (χ1n) is 12.3. The lowest BCUT2D eigenvalue weighted by Crippen LogP contribution is -2.58. The van der Waals surface area contributed by atoms with E-state index < -0.39 is 13.9 Å². The topological polar surface area (TPSA) is 84.2 Å². The second kappa shape index (κ2) is 10.7. The molecule has 0 saturated carbocycles. The molecule has 1 aliphatic rings. The van der Waals surface area contributed by atoms with Crippen LogP contribution in [0.3, 0.4) is 0 Å². The summed E-state index contributed by atoms with van der Waals surface area (Å²) in [6.07, 6.45) is 3.38. The van der Waals surface area contributed by atoms with Gasteiger partial charge in [0.2, 0.25) is 0 Å². The number of carbonyl (C=O) groups is 1. The van der Waals surface area contributed by atoms with E-state index in [0.29, 0.717) is 19.7 Å². The quantitative estimate of drug-likeness (QED) is 0.478. The van der Waals surface area contributed by atoms with Gasteiger partial charge >= 0.3 is 6.09 Å². The maximum Gasteiger partial charge on any atom is 0.410 e. The molecule has 1 amide bonds. The van der Waals surface area contributed by atoms with Gasteiger partial charge in [-0.05, 0) is 60.9 Å². The molecule has 1 N–H and O–H groups in total. The standard InChI is InChI=1S/C24H41BrN6O3Si/c1-23(2,3)34-22(32)30-14-13-29(18(16-30)17-33-35(7,8)24(4,5)6)12-10-26-20-9-11-31-21(28-20)19(25)15-27-31/h9,11,15,18H,10,12-14,16-17H2,1-8H3,(H,26,28)/t18-/m0/s1. The van der Waals surface area contributed by atoms with Crippen molar-refractivity contribution >= 4 is 41.8 Å².